The van der Waals surface area contributed by atoms with Gasteiger partial charge in [-0.15, -0.1) is 0 Å². The molecule has 1 heterocycles. The fourth-order valence-electron chi connectivity index (χ4n) is 2.40. The molecule has 1 aromatic heterocycles. The summed E-state index contributed by atoms with van der Waals surface area (Å²) in [5.74, 6) is 1.22. The van der Waals surface area contributed by atoms with Gasteiger partial charge in [0.15, 0.2) is 0 Å². The van der Waals surface area contributed by atoms with Gasteiger partial charge in [0.05, 0.1) is 12.8 Å². The van der Waals surface area contributed by atoms with E-state index in [2.05, 4.69) is 9.71 Å². The lowest BCUT2D eigenvalue weighted by molar-refractivity contribution is 0.415. The van der Waals surface area contributed by atoms with Crippen molar-refractivity contribution in [3.63, 3.8) is 0 Å². The van der Waals surface area contributed by atoms with Gasteiger partial charge in [0.1, 0.15) is 12.0 Å². The van der Waals surface area contributed by atoms with E-state index < -0.39 is 10.0 Å². The van der Waals surface area contributed by atoms with Crippen molar-refractivity contribution in [2.75, 3.05) is 13.7 Å². The molecule has 6 nitrogen and oxygen atoms in total. The molecule has 0 radical (unpaired) electrons. The largest absolute Gasteiger partial charge is 0.497 e. The summed E-state index contributed by atoms with van der Waals surface area (Å²) in [6.07, 6.45) is 3.45. The van der Waals surface area contributed by atoms with E-state index in [0.717, 1.165) is 22.3 Å². The molecule has 0 unspecified atom stereocenters. The van der Waals surface area contributed by atoms with E-state index in [9.17, 15) is 8.42 Å². The van der Waals surface area contributed by atoms with Crippen LogP contribution in [0.5, 0.6) is 5.75 Å². The van der Waals surface area contributed by atoms with Gasteiger partial charge < -0.3 is 9.15 Å². The van der Waals surface area contributed by atoms with Crippen molar-refractivity contribution in [1.82, 2.24) is 9.71 Å². The molecule has 0 aliphatic carbocycles. The molecule has 0 fully saturated rings. The van der Waals surface area contributed by atoms with Crippen LogP contribution >= 0.6 is 11.6 Å². The average molecular weight is 419 g/mol. The second-order valence-electron chi connectivity index (χ2n) is 5.92. The normalized spacial score (nSPS) is 11.8. The van der Waals surface area contributed by atoms with Crippen molar-refractivity contribution in [3.8, 4) is 17.2 Å². The molecule has 146 valence electrons. The van der Waals surface area contributed by atoms with Crippen molar-refractivity contribution in [2.24, 2.45) is 0 Å². The maximum absolute atomic E-state index is 12.1. The number of ether oxygens (including phenoxy) is 1. The first-order chi connectivity index (χ1) is 13.4. The Morgan fingerprint density at radius 3 is 2.54 bits per heavy atom. The van der Waals surface area contributed by atoms with Crippen molar-refractivity contribution in [2.45, 2.75) is 6.42 Å². The Labute approximate surface area is 168 Å². The molecule has 3 aromatic rings. The van der Waals surface area contributed by atoms with Crippen LogP contribution in [0.15, 0.2) is 64.6 Å². The fraction of sp³-hybridized carbons (Fsp3) is 0.150. The first-order valence-corrected chi connectivity index (χ1v) is 10.4. The van der Waals surface area contributed by atoms with Crippen LogP contribution in [0.3, 0.4) is 0 Å². The number of aromatic nitrogens is 1. The molecule has 28 heavy (non-hydrogen) atoms. The van der Waals surface area contributed by atoms with Gasteiger partial charge in [-0.05, 0) is 48.0 Å². The van der Waals surface area contributed by atoms with Crippen molar-refractivity contribution in [3.05, 3.63) is 76.5 Å². The number of hydrogen-bond donors (Lipinski definition) is 1. The monoisotopic (exact) mass is 418 g/mol. The number of methoxy groups -OCH3 is 1. The SMILES string of the molecule is COc1ccc(-c2nc(CCNS(=O)(=O)/C=C/c3ccc(Cl)cc3)co2)cc1. The van der Waals surface area contributed by atoms with E-state index >= 15 is 0 Å². The van der Waals surface area contributed by atoms with Crippen molar-refractivity contribution >= 4 is 27.7 Å². The van der Waals surface area contributed by atoms with Gasteiger partial charge in [-0.2, -0.15) is 0 Å². The minimum Gasteiger partial charge on any atom is -0.497 e. The molecule has 0 saturated carbocycles. The highest BCUT2D eigenvalue weighted by Crippen LogP contribution is 2.21. The number of halogens is 1. The van der Waals surface area contributed by atoms with Crippen LogP contribution in [0.2, 0.25) is 5.02 Å². The van der Waals surface area contributed by atoms with Gasteiger partial charge in [-0.3, -0.25) is 0 Å². The average Bonchev–Trinajstić information content (AvgIpc) is 3.16. The molecule has 0 aliphatic rings. The summed E-state index contributed by atoms with van der Waals surface area (Å²) in [6.45, 7) is 0.210. The molecule has 0 aliphatic heterocycles. The zero-order chi connectivity index (χ0) is 20.0. The van der Waals surface area contributed by atoms with Gasteiger partial charge in [-0.25, -0.2) is 18.1 Å². The summed E-state index contributed by atoms with van der Waals surface area (Å²) in [6, 6.07) is 14.2. The third kappa shape index (κ3) is 5.69. The summed E-state index contributed by atoms with van der Waals surface area (Å²) in [5.41, 5.74) is 2.23. The van der Waals surface area contributed by atoms with Crippen LogP contribution < -0.4 is 9.46 Å². The zero-order valence-electron chi connectivity index (χ0n) is 15.1. The lowest BCUT2D eigenvalue weighted by Gasteiger charge is -2.01. The molecule has 2 aromatic carbocycles. The van der Waals surface area contributed by atoms with Gasteiger partial charge in [-0.1, -0.05) is 23.7 Å². The zero-order valence-corrected chi connectivity index (χ0v) is 16.7. The second-order valence-corrected chi connectivity index (χ2v) is 8.00. The fourth-order valence-corrected chi connectivity index (χ4v) is 3.34. The van der Waals surface area contributed by atoms with E-state index in [0.29, 0.717) is 23.0 Å². The van der Waals surface area contributed by atoms with Crippen LogP contribution in [-0.4, -0.2) is 27.1 Å². The lowest BCUT2D eigenvalue weighted by Crippen LogP contribution is -2.23. The number of rotatable bonds is 8. The Morgan fingerprint density at radius 1 is 1.14 bits per heavy atom. The Morgan fingerprint density at radius 2 is 1.86 bits per heavy atom. The maximum atomic E-state index is 12.1. The van der Waals surface area contributed by atoms with Gasteiger partial charge in [0.25, 0.3) is 0 Å². The van der Waals surface area contributed by atoms with E-state index in [1.54, 1.807) is 31.4 Å². The Kier molecular flexibility index (Phi) is 6.51. The molecule has 0 amide bonds. The van der Waals surface area contributed by atoms with Crippen LogP contribution in [0.4, 0.5) is 0 Å². The summed E-state index contributed by atoms with van der Waals surface area (Å²) in [4.78, 5) is 4.38. The second kappa shape index (κ2) is 9.05. The number of oxazole rings is 1. The molecule has 8 heteroatoms. The number of hydrogen-bond acceptors (Lipinski definition) is 5. The molecular weight excluding hydrogens is 400 g/mol. The van der Waals surface area contributed by atoms with E-state index in [1.165, 1.54) is 12.3 Å². The van der Waals surface area contributed by atoms with Crippen LogP contribution in [-0.2, 0) is 16.4 Å². The molecule has 0 saturated heterocycles. The van der Waals surface area contributed by atoms with E-state index in [-0.39, 0.29) is 6.54 Å². The van der Waals surface area contributed by atoms with Crippen molar-refractivity contribution < 1.29 is 17.6 Å². The predicted octanol–water partition coefficient (Wildman–Crippen LogP) is 4.14. The van der Waals surface area contributed by atoms with Gasteiger partial charge in [0, 0.05) is 29.0 Å². The third-order valence-corrected chi connectivity index (χ3v) is 5.24. The first kappa shape index (κ1) is 20.1. The molecule has 0 atom stereocenters. The summed E-state index contributed by atoms with van der Waals surface area (Å²) in [5, 5.41) is 1.72. The molecule has 0 spiro atoms. The predicted molar refractivity (Wildman–Crippen MR) is 110 cm³/mol. The van der Waals surface area contributed by atoms with Crippen LogP contribution in [0.25, 0.3) is 17.5 Å². The smallest absolute Gasteiger partial charge is 0.233 e. The molecule has 0 bridgehead atoms. The topological polar surface area (TPSA) is 81.4 Å². The highest BCUT2D eigenvalue weighted by atomic mass is 35.5. The standard InChI is InChI=1S/C20H19ClN2O4S/c1-26-19-8-4-16(5-9-19)20-23-18(14-27-20)10-12-22-28(24,25)13-11-15-2-6-17(21)7-3-15/h2-9,11,13-14,22H,10,12H2,1H3/b13-11+. The summed E-state index contributed by atoms with van der Waals surface area (Å²) < 4.78 is 37.2. The highest BCUT2D eigenvalue weighted by molar-refractivity contribution is 7.92. The summed E-state index contributed by atoms with van der Waals surface area (Å²) >= 11 is 5.81. The Bertz CT molecular complexity index is 1040. The lowest BCUT2D eigenvalue weighted by atomic mass is 10.2. The minimum absolute atomic E-state index is 0.210. The number of benzene rings is 2. The number of nitrogens with zero attached hydrogens (tertiary/aromatic N) is 1. The molecular formula is C20H19ClN2O4S. The minimum atomic E-state index is -3.55. The van der Waals surface area contributed by atoms with Crippen LogP contribution in [0.1, 0.15) is 11.3 Å². The van der Waals surface area contributed by atoms with Gasteiger partial charge in [0.2, 0.25) is 15.9 Å². The maximum Gasteiger partial charge on any atom is 0.233 e. The molecule has 3 rings (SSSR count). The first-order valence-electron chi connectivity index (χ1n) is 8.47. The summed E-state index contributed by atoms with van der Waals surface area (Å²) in [7, 11) is -1.95. The quantitative estimate of drug-likeness (QED) is 0.594. The number of nitrogens with one attached hydrogen (secondary N) is 1. The van der Waals surface area contributed by atoms with Crippen molar-refractivity contribution in [1.29, 1.82) is 0 Å². The van der Waals surface area contributed by atoms with Crippen LogP contribution in [0, 0.1) is 0 Å². The van der Waals surface area contributed by atoms with E-state index in [1.807, 2.05) is 24.3 Å². The Balaban J connectivity index is 1.54. The van der Waals surface area contributed by atoms with E-state index in [4.69, 9.17) is 20.8 Å². The Hall–Kier alpha value is -2.61. The van der Waals surface area contributed by atoms with Gasteiger partial charge >= 0.3 is 0 Å². The number of sulfonamides is 1. The third-order valence-electron chi connectivity index (χ3n) is 3.88. The highest BCUT2D eigenvalue weighted by Gasteiger charge is 2.09. The molecule has 1 N–H and O–H groups in total.